The summed E-state index contributed by atoms with van der Waals surface area (Å²) in [5, 5.41) is 2.76. The molecule has 3 atom stereocenters. The highest BCUT2D eigenvalue weighted by atomic mass is 16.6. The Hall–Kier alpha value is -3.30. The smallest absolute Gasteiger partial charge is 0.337 e. The number of hydrogen-bond donors (Lipinski definition) is 2. The molecule has 1 heterocycles. The number of urea groups is 1. The molecule has 0 aliphatic carbocycles. The number of carbonyl (C=O) groups is 2. The van der Waals surface area contributed by atoms with E-state index in [1.165, 1.54) is 21.3 Å². The van der Waals surface area contributed by atoms with Gasteiger partial charge in [0.1, 0.15) is 11.5 Å². The Morgan fingerprint density at radius 1 is 1.06 bits per heavy atom. The largest absolute Gasteiger partial charge is 0.497 e. The van der Waals surface area contributed by atoms with Crippen LogP contribution >= 0.6 is 0 Å². The highest BCUT2D eigenvalue weighted by molar-refractivity contribution is 5.77. The van der Waals surface area contributed by atoms with Crippen LogP contribution in [0.2, 0.25) is 0 Å². The Balaban J connectivity index is 2.36. The fourth-order valence-electron chi connectivity index (χ4n) is 4.39. The van der Waals surface area contributed by atoms with Crippen LogP contribution in [0.4, 0.5) is 4.79 Å². The van der Waals surface area contributed by atoms with Crippen molar-refractivity contribution in [1.29, 1.82) is 0 Å². The number of methoxy groups -OCH3 is 3. The molecule has 9 nitrogen and oxygen atoms in total. The van der Waals surface area contributed by atoms with E-state index in [1.807, 2.05) is 56.0 Å². The van der Waals surface area contributed by atoms with Crippen molar-refractivity contribution in [1.82, 2.24) is 10.2 Å². The molecule has 0 spiro atoms. The van der Waals surface area contributed by atoms with Gasteiger partial charge in [0, 0.05) is 11.6 Å². The molecule has 0 bridgehead atoms. The first-order chi connectivity index (χ1) is 15.6. The Morgan fingerprint density at radius 3 is 2.24 bits per heavy atom. The quantitative estimate of drug-likeness (QED) is 0.642. The van der Waals surface area contributed by atoms with E-state index in [2.05, 4.69) is 5.32 Å². The van der Waals surface area contributed by atoms with Gasteiger partial charge >= 0.3 is 12.0 Å². The number of amides is 2. The lowest BCUT2D eigenvalue weighted by atomic mass is 9.92. The second-order valence-corrected chi connectivity index (χ2v) is 8.66. The van der Waals surface area contributed by atoms with Crippen molar-refractivity contribution in [3.05, 3.63) is 59.7 Å². The van der Waals surface area contributed by atoms with Gasteiger partial charge in [-0.1, -0.05) is 30.3 Å². The van der Waals surface area contributed by atoms with Gasteiger partial charge in [-0.3, -0.25) is 5.32 Å². The van der Waals surface area contributed by atoms with Crippen LogP contribution in [0.3, 0.4) is 0 Å². The van der Waals surface area contributed by atoms with E-state index < -0.39 is 35.5 Å². The van der Waals surface area contributed by atoms with E-state index in [-0.39, 0.29) is 0 Å². The minimum atomic E-state index is -1.65. The van der Waals surface area contributed by atoms with Crippen LogP contribution in [-0.2, 0) is 20.1 Å². The van der Waals surface area contributed by atoms with Crippen LogP contribution in [0, 0.1) is 0 Å². The molecule has 3 N–H and O–H groups in total. The normalized spacial score (nSPS) is 23.1. The van der Waals surface area contributed by atoms with E-state index >= 15 is 0 Å². The molecule has 3 rings (SSSR count). The van der Waals surface area contributed by atoms with Crippen molar-refractivity contribution in [2.24, 2.45) is 5.73 Å². The lowest BCUT2D eigenvalue weighted by Gasteiger charge is -2.47. The molecule has 1 aliphatic heterocycles. The number of carbonyl (C=O) groups excluding carboxylic acids is 2. The summed E-state index contributed by atoms with van der Waals surface area (Å²) in [7, 11) is 4.34. The first-order valence-electron chi connectivity index (χ1n) is 10.5. The van der Waals surface area contributed by atoms with Crippen molar-refractivity contribution < 1.29 is 28.5 Å². The van der Waals surface area contributed by atoms with Gasteiger partial charge in [-0.05, 0) is 38.5 Å². The average molecular weight is 458 g/mol. The summed E-state index contributed by atoms with van der Waals surface area (Å²) in [5.74, 6) is -1.30. The van der Waals surface area contributed by atoms with E-state index in [0.717, 1.165) is 5.56 Å². The van der Waals surface area contributed by atoms with Gasteiger partial charge in [0.25, 0.3) is 0 Å². The van der Waals surface area contributed by atoms with Crippen LogP contribution in [0.5, 0.6) is 11.5 Å². The van der Waals surface area contributed by atoms with Crippen molar-refractivity contribution in [3.8, 4) is 11.5 Å². The number of rotatable bonds is 6. The predicted molar refractivity (Wildman–Crippen MR) is 122 cm³/mol. The first-order valence-corrected chi connectivity index (χ1v) is 10.5. The lowest BCUT2D eigenvalue weighted by Crippen LogP contribution is -2.62. The fraction of sp³-hybridized carbons (Fsp3) is 0.417. The van der Waals surface area contributed by atoms with Gasteiger partial charge in [0.15, 0.2) is 6.10 Å². The average Bonchev–Trinajstić information content (AvgIpc) is 3.14. The summed E-state index contributed by atoms with van der Waals surface area (Å²) in [6.45, 7) is 5.87. The Labute approximate surface area is 193 Å². The highest BCUT2D eigenvalue weighted by Gasteiger charge is 2.62. The van der Waals surface area contributed by atoms with Crippen molar-refractivity contribution in [2.45, 2.75) is 44.3 Å². The molecule has 2 amide bonds. The van der Waals surface area contributed by atoms with Gasteiger partial charge < -0.3 is 24.7 Å². The Bertz CT molecular complexity index is 1010. The summed E-state index contributed by atoms with van der Waals surface area (Å²) in [5.41, 5.74) is 6.28. The zero-order valence-electron chi connectivity index (χ0n) is 19.7. The lowest BCUT2D eigenvalue weighted by molar-refractivity contribution is -0.175. The third-order valence-electron chi connectivity index (χ3n) is 5.57. The third kappa shape index (κ3) is 4.46. The molecule has 0 aromatic heterocycles. The predicted octanol–water partition coefficient (Wildman–Crippen LogP) is 2.90. The van der Waals surface area contributed by atoms with Gasteiger partial charge in [-0.2, -0.15) is 0 Å². The van der Waals surface area contributed by atoms with Gasteiger partial charge in [-0.25, -0.2) is 14.5 Å². The van der Waals surface area contributed by atoms with E-state index in [9.17, 15) is 9.59 Å². The summed E-state index contributed by atoms with van der Waals surface area (Å²) in [6.07, 6.45) is -1.07. The maximum Gasteiger partial charge on any atom is 0.337 e. The molecule has 0 saturated carbocycles. The van der Waals surface area contributed by atoms with Crippen molar-refractivity contribution >= 4 is 12.0 Å². The van der Waals surface area contributed by atoms with E-state index in [0.29, 0.717) is 17.1 Å². The fourth-order valence-corrected chi connectivity index (χ4v) is 4.39. The number of ether oxygens (including phenoxy) is 4. The Morgan fingerprint density at radius 2 is 1.73 bits per heavy atom. The van der Waals surface area contributed by atoms with Crippen LogP contribution in [0.15, 0.2) is 48.5 Å². The number of primary amides is 1. The van der Waals surface area contributed by atoms with Crippen LogP contribution in [-0.4, -0.2) is 49.9 Å². The van der Waals surface area contributed by atoms with Crippen LogP contribution in [0.25, 0.3) is 0 Å². The zero-order chi connectivity index (χ0) is 24.4. The molecule has 2 aromatic carbocycles. The van der Waals surface area contributed by atoms with Gasteiger partial charge in [0.05, 0.1) is 32.9 Å². The third-order valence-corrected chi connectivity index (χ3v) is 5.57. The standard InChI is InChI=1S/C24H31N3O6/c1-23(2,3)27-19(15-10-8-7-9-11-15)20(21(28)32-6)33-24(27,26-22(25)29)17-13-12-16(30-4)14-18(17)31-5/h7-14,19-20H,1-6H3,(H3,25,26,29). The number of nitrogens with zero attached hydrogens (tertiary/aromatic N) is 1. The topological polar surface area (TPSA) is 112 Å². The molecule has 1 fully saturated rings. The van der Waals surface area contributed by atoms with Gasteiger partial charge in [0.2, 0.25) is 5.85 Å². The number of hydrogen-bond acceptors (Lipinski definition) is 7. The summed E-state index contributed by atoms with van der Waals surface area (Å²) >= 11 is 0. The summed E-state index contributed by atoms with van der Waals surface area (Å²) < 4.78 is 22.5. The maximum atomic E-state index is 13.0. The molecule has 3 unspecified atom stereocenters. The Kier molecular flexibility index (Phi) is 6.85. The van der Waals surface area contributed by atoms with Crippen molar-refractivity contribution in [2.75, 3.05) is 21.3 Å². The van der Waals surface area contributed by atoms with E-state index in [4.69, 9.17) is 24.7 Å². The minimum absolute atomic E-state index is 0.384. The molecule has 1 saturated heterocycles. The molecular formula is C24H31N3O6. The molecule has 33 heavy (non-hydrogen) atoms. The van der Waals surface area contributed by atoms with Crippen molar-refractivity contribution in [3.63, 3.8) is 0 Å². The monoisotopic (exact) mass is 457 g/mol. The van der Waals surface area contributed by atoms with Crippen LogP contribution < -0.4 is 20.5 Å². The molecule has 0 radical (unpaired) electrons. The maximum absolute atomic E-state index is 13.0. The number of nitrogens with one attached hydrogen (secondary N) is 1. The second-order valence-electron chi connectivity index (χ2n) is 8.66. The number of esters is 1. The number of benzene rings is 2. The first kappa shape index (κ1) is 24.3. The molecule has 1 aliphatic rings. The molecule has 2 aromatic rings. The molecular weight excluding hydrogens is 426 g/mol. The zero-order valence-corrected chi connectivity index (χ0v) is 19.7. The highest BCUT2D eigenvalue weighted by Crippen LogP contribution is 2.52. The summed E-state index contributed by atoms with van der Waals surface area (Å²) in [4.78, 5) is 27.2. The van der Waals surface area contributed by atoms with Gasteiger partial charge in [-0.15, -0.1) is 0 Å². The second kappa shape index (κ2) is 9.29. The molecule has 9 heteroatoms. The van der Waals surface area contributed by atoms with Crippen LogP contribution in [0.1, 0.15) is 37.9 Å². The van der Waals surface area contributed by atoms with E-state index in [1.54, 1.807) is 18.2 Å². The minimum Gasteiger partial charge on any atom is -0.497 e. The molecule has 178 valence electrons. The number of nitrogens with two attached hydrogens (primary N) is 1. The summed E-state index contributed by atoms with van der Waals surface area (Å²) in [6, 6.07) is 13.1. The SMILES string of the molecule is COC(=O)C1OC(NC(N)=O)(c2ccc(OC)cc2OC)N(C(C)(C)C)C1c1ccccc1.